The Balaban J connectivity index is 2.44. The number of nitrogens with one attached hydrogen (secondary N) is 1. The number of hydrogen-bond donors (Lipinski definition) is 1. The summed E-state index contributed by atoms with van der Waals surface area (Å²) in [6.07, 6.45) is 2.17. The molecule has 0 spiro atoms. The van der Waals surface area contributed by atoms with Crippen LogP contribution in [0.15, 0.2) is 18.2 Å². The molecule has 1 aromatic rings. The van der Waals surface area contributed by atoms with Crippen molar-refractivity contribution >= 4 is 0 Å². The van der Waals surface area contributed by atoms with Gasteiger partial charge in [0.2, 0.25) is 0 Å². The van der Waals surface area contributed by atoms with Crippen LogP contribution >= 0.6 is 0 Å². The molecule has 0 aliphatic heterocycles. The molecule has 0 aromatic heterocycles. The highest BCUT2D eigenvalue weighted by atomic mass is 16.5. The van der Waals surface area contributed by atoms with Gasteiger partial charge < -0.3 is 19.7 Å². The van der Waals surface area contributed by atoms with Crippen LogP contribution in [-0.4, -0.2) is 52.8 Å². The Labute approximate surface area is 116 Å². The summed E-state index contributed by atoms with van der Waals surface area (Å²) >= 11 is 0. The van der Waals surface area contributed by atoms with Crippen molar-refractivity contribution in [2.24, 2.45) is 0 Å². The van der Waals surface area contributed by atoms with Crippen molar-refractivity contribution in [1.29, 1.82) is 0 Å². The molecule has 1 aromatic carbocycles. The predicted octanol–water partition coefficient (Wildman–Crippen LogP) is 1.79. The quantitative estimate of drug-likeness (QED) is 0.739. The largest absolute Gasteiger partial charge is 0.497 e. The monoisotopic (exact) mass is 266 g/mol. The second kappa shape index (κ2) is 8.77. The number of nitrogens with zero attached hydrogens (tertiary/aromatic N) is 1. The van der Waals surface area contributed by atoms with E-state index < -0.39 is 0 Å². The first-order valence-electron chi connectivity index (χ1n) is 6.74. The minimum atomic E-state index is 0.859. The number of aryl methyl sites for hydroxylation is 1. The van der Waals surface area contributed by atoms with E-state index in [1.165, 1.54) is 5.56 Å². The number of benzene rings is 1. The Morgan fingerprint density at radius 3 is 2.21 bits per heavy atom. The van der Waals surface area contributed by atoms with Gasteiger partial charge in [-0.2, -0.15) is 0 Å². The van der Waals surface area contributed by atoms with Crippen LogP contribution in [-0.2, 0) is 6.42 Å². The van der Waals surface area contributed by atoms with Crippen LogP contribution in [0.2, 0.25) is 0 Å². The Kier molecular flexibility index (Phi) is 7.30. The van der Waals surface area contributed by atoms with Crippen LogP contribution in [0, 0.1) is 0 Å². The van der Waals surface area contributed by atoms with E-state index in [2.05, 4.69) is 29.4 Å². The molecule has 0 bridgehead atoms. The van der Waals surface area contributed by atoms with E-state index in [4.69, 9.17) is 9.47 Å². The second-order valence-electron chi connectivity index (χ2n) is 4.73. The van der Waals surface area contributed by atoms with Crippen molar-refractivity contribution in [3.63, 3.8) is 0 Å². The van der Waals surface area contributed by atoms with Crippen molar-refractivity contribution in [3.8, 4) is 11.5 Å². The standard InChI is InChI=1S/C15H26N2O2/c1-16-7-9-17(2)8-5-6-13-10-14(18-3)12-15(11-13)19-4/h10-12,16H,5-9H2,1-4H3. The minimum absolute atomic E-state index is 0.859. The molecule has 0 unspecified atom stereocenters. The van der Waals surface area contributed by atoms with Crippen molar-refractivity contribution < 1.29 is 9.47 Å². The molecule has 0 fully saturated rings. The van der Waals surface area contributed by atoms with Crippen LogP contribution < -0.4 is 14.8 Å². The molecule has 0 saturated heterocycles. The van der Waals surface area contributed by atoms with Gasteiger partial charge in [0, 0.05) is 19.2 Å². The molecular formula is C15H26N2O2. The van der Waals surface area contributed by atoms with Crippen molar-refractivity contribution in [3.05, 3.63) is 23.8 Å². The molecule has 0 saturated carbocycles. The minimum Gasteiger partial charge on any atom is -0.497 e. The van der Waals surface area contributed by atoms with Gasteiger partial charge in [0.05, 0.1) is 14.2 Å². The molecule has 19 heavy (non-hydrogen) atoms. The van der Waals surface area contributed by atoms with Crippen LogP contribution in [0.3, 0.4) is 0 Å². The number of methoxy groups -OCH3 is 2. The topological polar surface area (TPSA) is 33.7 Å². The van der Waals surface area contributed by atoms with E-state index in [1.54, 1.807) is 14.2 Å². The summed E-state index contributed by atoms with van der Waals surface area (Å²) in [4.78, 5) is 2.34. The normalized spacial score (nSPS) is 10.8. The van der Waals surface area contributed by atoms with E-state index in [0.717, 1.165) is 44.0 Å². The van der Waals surface area contributed by atoms with Gasteiger partial charge >= 0.3 is 0 Å². The molecule has 1 rings (SSSR count). The molecule has 1 N–H and O–H groups in total. The molecule has 108 valence electrons. The van der Waals surface area contributed by atoms with Gasteiger partial charge in [-0.25, -0.2) is 0 Å². The average molecular weight is 266 g/mol. The third-order valence-corrected chi connectivity index (χ3v) is 3.16. The highest BCUT2D eigenvalue weighted by molar-refractivity contribution is 5.38. The molecule has 0 aliphatic carbocycles. The zero-order valence-corrected chi connectivity index (χ0v) is 12.5. The fraction of sp³-hybridized carbons (Fsp3) is 0.600. The van der Waals surface area contributed by atoms with E-state index in [1.807, 2.05) is 13.1 Å². The lowest BCUT2D eigenvalue weighted by molar-refractivity contribution is 0.330. The van der Waals surface area contributed by atoms with Crippen LogP contribution in [0.5, 0.6) is 11.5 Å². The van der Waals surface area contributed by atoms with Gasteiger partial charge in [-0.1, -0.05) is 0 Å². The number of rotatable bonds is 9. The number of likely N-dealkylation sites (N-methyl/N-ethyl adjacent to an activating group) is 2. The lowest BCUT2D eigenvalue weighted by Crippen LogP contribution is -2.28. The van der Waals surface area contributed by atoms with E-state index in [-0.39, 0.29) is 0 Å². The summed E-state index contributed by atoms with van der Waals surface area (Å²) in [6.45, 7) is 3.21. The Hall–Kier alpha value is -1.26. The lowest BCUT2D eigenvalue weighted by atomic mass is 10.1. The molecule has 4 nitrogen and oxygen atoms in total. The van der Waals surface area contributed by atoms with E-state index in [9.17, 15) is 0 Å². The summed E-state index contributed by atoms with van der Waals surface area (Å²) in [5.41, 5.74) is 1.26. The maximum absolute atomic E-state index is 5.28. The third kappa shape index (κ3) is 5.94. The Morgan fingerprint density at radius 1 is 1.05 bits per heavy atom. The highest BCUT2D eigenvalue weighted by Crippen LogP contribution is 2.23. The molecule has 0 heterocycles. The molecule has 0 atom stereocenters. The van der Waals surface area contributed by atoms with Gasteiger partial charge in [-0.15, -0.1) is 0 Å². The van der Waals surface area contributed by atoms with Gasteiger partial charge in [0.1, 0.15) is 11.5 Å². The molecule has 0 radical (unpaired) electrons. The molecule has 0 amide bonds. The lowest BCUT2D eigenvalue weighted by Gasteiger charge is -2.16. The zero-order valence-electron chi connectivity index (χ0n) is 12.5. The summed E-state index contributed by atoms with van der Waals surface area (Å²) < 4.78 is 10.6. The smallest absolute Gasteiger partial charge is 0.122 e. The SMILES string of the molecule is CNCCN(C)CCCc1cc(OC)cc(OC)c1. The van der Waals surface area contributed by atoms with Gasteiger partial charge in [0.25, 0.3) is 0 Å². The van der Waals surface area contributed by atoms with Gasteiger partial charge in [-0.05, 0) is 51.2 Å². The van der Waals surface area contributed by atoms with Crippen LogP contribution in [0.4, 0.5) is 0 Å². The zero-order chi connectivity index (χ0) is 14.1. The summed E-state index contributed by atoms with van der Waals surface area (Å²) in [6, 6.07) is 6.06. The first-order chi connectivity index (χ1) is 9.19. The Morgan fingerprint density at radius 2 is 1.68 bits per heavy atom. The molecule has 0 aliphatic rings. The van der Waals surface area contributed by atoms with Crippen LogP contribution in [0.25, 0.3) is 0 Å². The van der Waals surface area contributed by atoms with Gasteiger partial charge in [-0.3, -0.25) is 0 Å². The summed E-state index contributed by atoms with van der Waals surface area (Å²) in [5, 5.41) is 3.16. The Bertz CT molecular complexity index is 347. The molecule has 4 heteroatoms. The number of ether oxygens (including phenoxy) is 2. The third-order valence-electron chi connectivity index (χ3n) is 3.16. The van der Waals surface area contributed by atoms with E-state index >= 15 is 0 Å². The van der Waals surface area contributed by atoms with Crippen molar-refractivity contribution in [2.75, 3.05) is 47.9 Å². The van der Waals surface area contributed by atoms with Crippen LogP contribution in [0.1, 0.15) is 12.0 Å². The number of hydrogen-bond acceptors (Lipinski definition) is 4. The first-order valence-corrected chi connectivity index (χ1v) is 6.74. The highest BCUT2D eigenvalue weighted by Gasteiger charge is 2.03. The summed E-state index contributed by atoms with van der Waals surface area (Å²) in [7, 11) is 7.51. The fourth-order valence-electron chi connectivity index (χ4n) is 1.98. The van der Waals surface area contributed by atoms with Crippen molar-refractivity contribution in [2.45, 2.75) is 12.8 Å². The van der Waals surface area contributed by atoms with Crippen molar-refractivity contribution in [1.82, 2.24) is 10.2 Å². The maximum Gasteiger partial charge on any atom is 0.122 e. The molecular weight excluding hydrogens is 240 g/mol. The summed E-state index contributed by atoms with van der Waals surface area (Å²) in [5.74, 6) is 1.72. The maximum atomic E-state index is 5.28. The average Bonchev–Trinajstić information content (AvgIpc) is 2.44. The first kappa shape index (κ1) is 15.8. The van der Waals surface area contributed by atoms with Gasteiger partial charge in [0.15, 0.2) is 0 Å². The second-order valence-corrected chi connectivity index (χ2v) is 4.73. The predicted molar refractivity (Wildman–Crippen MR) is 79.3 cm³/mol. The fourth-order valence-corrected chi connectivity index (χ4v) is 1.98. The van der Waals surface area contributed by atoms with E-state index in [0.29, 0.717) is 0 Å².